The van der Waals surface area contributed by atoms with Crippen molar-refractivity contribution in [3.05, 3.63) is 70.9 Å². The molecule has 2 heterocycles. The number of fused-ring (bicyclic) bond motifs is 1. The molecule has 166 valence electrons. The predicted molar refractivity (Wildman–Crippen MR) is 118 cm³/mol. The van der Waals surface area contributed by atoms with Crippen LogP contribution >= 0.6 is 0 Å². The molecule has 0 unspecified atom stereocenters. The van der Waals surface area contributed by atoms with Crippen LogP contribution in [0.1, 0.15) is 22.4 Å². The van der Waals surface area contributed by atoms with Gasteiger partial charge in [0.2, 0.25) is 0 Å². The number of nitrogens with zero attached hydrogens (tertiary/aromatic N) is 2. The molecule has 1 aliphatic rings. The second kappa shape index (κ2) is 8.46. The minimum absolute atomic E-state index is 0.0971. The van der Waals surface area contributed by atoms with Crippen molar-refractivity contribution in [2.75, 3.05) is 12.4 Å². The number of carbonyl (C=O) groups is 2. The third kappa shape index (κ3) is 4.35. The number of amides is 2. The number of hydrogen-bond donors (Lipinski definition) is 2. The fraction of sp³-hybridized carbons (Fsp3) is 0.227. The number of rotatable bonds is 5. The smallest absolute Gasteiger partial charge is 0.314 e. The summed E-state index contributed by atoms with van der Waals surface area (Å²) in [6.07, 6.45) is 0. The van der Waals surface area contributed by atoms with Crippen LogP contribution in [0.4, 0.5) is 5.82 Å². The van der Waals surface area contributed by atoms with Crippen LogP contribution in [0.25, 0.3) is 5.69 Å². The SMILES string of the molecule is COc1ccccc1CNC(=O)C(=O)Nc1c2c(nn1-c1cccc(C)c1)CS(=O)(=O)C2. The summed E-state index contributed by atoms with van der Waals surface area (Å²) in [5, 5.41) is 9.53. The Balaban J connectivity index is 1.58. The first-order chi connectivity index (χ1) is 15.3. The minimum Gasteiger partial charge on any atom is -0.496 e. The van der Waals surface area contributed by atoms with E-state index in [-0.39, 0.29) is 23.9 Å². The quantitative estimate of drug-likeness (QED) is 0.568. The number of sulfone groups is 1. The Morgan fingerprint density at radius 1 is 1.09 bits per heavy atom. The molecule has 0 atom stereocenters. The van der Waals surface area contributed by atoms with Crippen molar-refractivity contribution in [1.29, 1.82) is 0 Å². The van der Waals surface area contributed by atoms with E-state index in [1.54, 1.807) is 30.3 Å². The third-order valence-corrected chi connectivity index (χ3v) is 6.55. The van der Waals surface area contributed by atoms with Crippen LogP contribution in [0.2, 0.25) is 0 Å². The first-order valence-electron chi connectivity index (χ1n) is 9.87. The molecule has 9 nitrogen and oxygen atoms in total. The fourth-order valence-corrected chi connectivity index (χ4v) is 5.08. The van der Waals surface area contributed by atoms with E-state index >= 15 is 0 Å². The molecular weight excluding hydrogens is 432 g/mol. The van der Waals surface area contributed by atoms with E-state index in [9.17, 15) is 18.0 Å². The molecule has 0 bridgehead atoms. The van der Waals surface area contributed by atoms with E-state index in [0.717, 1.165) is 5.56 Å². The van der Waals surface area contributed by atoms with Gasteiger partial charge in [-0.1, -0.05) is 30.3 Å². The van der Waals surface area contributed by atoms with Gasteiger partial charge in [0.05, 0.1) is 30.0 Å². The van der Waals surface area contributed by atoms with Crippen molar-refractivity contribution in [1.82, 2.24) is 15.1 Å². The molecule has 2 aromatic carbocycles. The van der Waals surface area contributed by atoms with Gasteiger partial charge in [-0.15, -0.1) is 0 Å². The zero-order chi connectivity index (χ0) is 22.9. The van der Waals surface area contributed by atoms with Crippen molar-refractivity contribution in [3.63, 3.8) is 0 Å². The molecule has 4 rings (SSSR count). The number of aryl methyl sites for hydroxylation is 1. The van der Waals surface area contributed by atoms with Gasteiger partial charge in [-0.25, -0.2) is 13.1 Å². The summed E-state index contributed by atoms with van der Waals surface area (Å²) >= 11 is 0. The molecule has 2 N–H and O–H groups in total. The van der Waals surface area contributed by atoms with Gasteiger partial charge in [0.15, 0.2) is 9.84 Å². The normalized spacial score (nSPS) is 13.9. The molecule has 0 radical (unpaired) electrons. The van der Waals surface area contributed by atoms with Crippen LogP contribution in [0, 0.1) is 6.92 Å². The standard InChI is InChI=1S/C22H22N4O5S/c1-14-6-5-8-16(10-14)26-20(17-12-32(29,30)13-18(17)25-26)24-22(28)21(27)23-11-15-7-3-4-9-19(15)31-2/h3-10H,11-13H2,1-2H3,(H,23,27)(H,24,28). The summed E-state index contributed by atoms with van der Waals surface area (Å²) < 4.78 is 30.9. The summed E-state index contributed by atoms with van der Waals surface area (Å²) in [5.74, 6) is -1.45. The summed E-state index contributed by atoms with van der Waals surface area (Å²) in [4.78, 5) is 25.1. The molecule has 1 aromatic heterocycles. The Hall–Kier alpha value is -3.66. The number of methoxy groups -OCH3 is 1. The number of hydrogen-bond acceptors (Lipinski definition) is 6. The number of aromatic nitrogens is 2. The van der Waals surface area contributed by atoms with Gasteiger partial charge in [0.1, 0.15) is 11.6 Å². The molecule has 0 aliphatic carbocycles. The lowest BCUT2D eigenvalue weighted by atomic mass is 10.2. The maximum absolute atomic E-state index is 12.7. The average molecular weight is 455 g/mol. The molecular formula is C22H22N4O5S. The van der Waals surface area contributed by atoms with E-state index in [2.05, 4.69) is 15.7 Å². The fourth-order valence-electron chi connectivity index (χ4n) is 3.59. The molecule has 32 heavy (non-hydrogen) atoms. The highest BCUT2D eigenvalue weighted by molar-refractivity contribution is 7.90. The Labute approximate surface area is 185 Å². The molecule has 3 aromatic rings. The van der Waals surface area contributed by atoms with E-state index in [1.165, 1.54) is 11.8 Å². The highest BCUT2D eigenvalue weighted by Crippen LogP contribution is 2.33. The molecule has 10 heteroatoms. The van der Waals surface area contributed by atoms with Gasteiger partial charge in [0.25, 0.3) is 0 Å². The summed E-state index contributed by atoms with van der Waals surface area (Å²) in [6.45, 7) is 2.01. The first kappa shape index (κ1) is 21.6. The largest absolute Gasteiger partial charge is 0.496 e. The van der Waals surface area contributed by atoms with E-state index in [1.807, 2.05) is 25.1 Å². The molecule has 1 aliphatic heterocycles. The van der Waals surface area contributed by atoms with Crippen molar-refractivity contribution in [3.8, 4) is 11.4 Å². The maximum atomic E-state index is 12.7. The van der Waals surface area contributed by atoms with Gasteiger partial charge in [0, 0.05) is 17.7 Å². The Morgan fingerprint density at radius 2 is 1.88 bits per heavy atom. The first-order valence-corrected chi connectivity index (χ1v) is 11.7. The summed E-state index contributed by atoms with van der Waals surface area (Å²) in [6, 6.07) is 14.5. The summed E-state index contributed by atoms with van der Waals surface area (Å²) in [5.41, 5.74) is 3.11. The van der Waals surface area contributed by atoms with Gasteiger partial charge in [-0.3, -0.25) is 9.59 Å². The Kier molecular flexibility index (Phi) is 5.70. The van der Waals surface area contributed by atoms with Crippen molar-refractivity contribution >= 4 is 27.5 Å². The lowest BCUT2D eigenvalue weighted by Crippen LogP contribution is -2.35. The zero-order valence-corrected chi connectivity index (χ0v) is 18.4. The van der Waals surface area contributed by atoms with Crippen LogP contribution in [0.3, 0.4) is 0 Å². The van der Waals surface area contributed by atoms with E-state index < -0.39 is 21.7 Å². The molecule has 2 amide bonds. The summed E-state index contributed by atoms with van der Waals surface area (Å²) in [7, 11) is -1.82. The van der Waals surface area contributed by atoms with Crippen LogP contribution in [0.15, 0.2) is 48.5 Å². The second-order valence-electron chi connectivity index (χ2n) is 7.51. The monoisotopic (exact) mass is 454 g/mol. The van der Waals surface area contributed by atoms with Gasteiger partial charge < -0.3 is 15.4 Å². The number of para-hydroxylation sites is 1. The number of ether oxygens (including phenoxy) is 1. The highest BCUT2D eigenvalue weighted by atomic mass is 32.2. The third-order valence-electron chi connectivity index (χ3n) is 5.10. The topological polar surface area (TPSA) is 119 Å². The lowest BCUT2D eigenvalue weighted by molar-refractivity contribution is -0.136. The molecule has 0 saturated heterocycles. The maximum Gasteiger partial charge on any atom is 0.314 e. The van der Waals surface area contributed by atoms with Crippen LogP contribution in [0.5, 0.6) is 5.75 Å². The molecule has 0 fully saturated rings. The van der Waals surface area contributed by atoms with Crippen LogP contribution in [-0.2, 0) is 37.5 Å². The van der Waals surface area contributed by atoms with Crippen molar-refractivity contribution in [2.45, 2.75) is 25.0 Å². The highest BCUT2D eigenvalue weighted by Gasteiger charge is 2.33. The average Bonchev–Trinajstić information content (AvgIpc) is 3.24. The Bertz CT molecular complexity index is 1310. The number of benzene rings is 2. The number of anilines is 1. The number of carbonyl (C=O) groups excluding carboxylic acids is 2. The van der Waals surface area contributed by atoms with Crippen LogP contribution < -0.4 is 15.4 Å². The van der Waals surface area contributed by atoms with Gasteiger partial charge >= 0.3 is 11.8 Å². The van der Waals surface area contributed by atoms with E-state index in [0.29, 0.717) is 28.3 Å². The van der Waals surface area contributed by atoms with Crippen molar-refractivity contribution < 1.29 is 22.7 Å². The predicted octanol–water partition coefficient (Wildman–Crippen LogP) is 1.87. The van der Waals surface area contributed by atoms with Crippen molar-refractivity contribution in [2.24, 2.45) is 0 Å². The van der Waals surface area contributed by atoms with Crippen LogP contribution in [-0.4, -0.2) is 37.1 Å². The van der Waals surface area contributed by atoms with Gasteiger partial charge in [-0.2, -0.15) is 5.10 Å². The number of nitrogens with one attached hydrogen (secondary N) is 2. The minimum atomic E-state index is -3.34. The second-order valence-corrected chi connectivity index (χ2v) is 9.57. The zero-order valence-electron chi connectivity index (χ0n) is 17.6. The van der Waals surface area contributed by atoms with Gasteiger partial charge in [-0.05, 0) is 30.7 Å². The molecule has 0 spiro atoms. The lowest BCUT2D eigenvalue weighted by Gasteiger charge is -2.12. The Morgan fingerprint density at radius 3 is 2.62 bits per heavy atom. The van der Waals surface area contributed by atoms with E-state index in [4.69, 9.17) is 4.74 Å². The molecule has 0 saturated carbocycles.